The Bertz CT molecular complexity index is 877. The van der Waals surface area contributed by atoms with Gasteiger partial charge in [-0.3, -0.25) is 4.57 Å². The van der Waals surface area contributed by atoms with Gasteiger partial charge in [-0.1, -0.05) is 36.4 Å². The summed E-state index contributed by atoms with van der Waals surface area (Å²) in [5.74, 6) is 0.603. The second kappa shape index (κ2) is 6.05. The fourth-order valence-corrected chi connectivity index (χ4v) is 3.65. The van der Waals surface area contributed by atoms with E-state index in [9.17, 15) is 4.79 Å². The molecule has 1 aromatic heterocycles. The number of benzene rings is 2. The Balaban J connectivity index is 1.38. The van der Waals surface area contributed by atoms with Crippen molar-refractivity contribution < 1.29 is 0 Å². The second-order valence-electron chi connectivity index (χ2n) is 6.24. The van der Waals surface area contributed by atoms with E-state index in [2.05, 4.69) is 34.6 Å². The van der Waals surface area contributed by atoms with Gasteiger partial charge < -0.3 is 10.3 Å². The molecule has 2 N–H and O–H groups in total. The number of H-pyrrole nitrogens is 1. The molecule has 0 amide bonds. The molecule has 1 heterocycles. The molecule has 23 heavy (non-hydrogen) atoms. The van der Waals surface area contributed by atoms with E-state index in [1.807, 2.05) is 28.8 Å². The van der Waals surface area contributed by atoms with Gasteiger partial charge in [0, 0.05) is 19.6 Å². The maximum Gasteiger partial charge on any atom is 0.326 e. The van der Waals surface area contributed by atoms with E-state index in [1.54, 1.807) is 0 Å². The number of aryl methyl sites for hydroxylation is 1. The molecule has 0 saturated heterocycles. The molecule has 2 aromatic carbocycles. The van der Waals surface area contributed by atoms with E-state index < -0.39 is 0 Å². The lowest BCUT2D eigenvalue weighted by Crippen LogP contribution is -2.28. The number of aromatic amines is 1. The number of hydrogen-bond acceptors (Lipinski definition) is 2. The standard InChI is InChI=1S/C19H21N3O/c23-19-21-17-7-3-4-8-18(17)22(19)12-11-20-13-15-10-9-14-5-1-2-6-16(14)15/h1-8,15,20H,9-13H2,(H,21,23). The van der Waals surface area contributed by atoms with Crippen LogP contribution in [0.4, 0.5) is 0 Å². The topological polar surface area (TPSA) is 49.8 Å². The highest BCUT2D eigenvalue weighted by atomic mass is 16.1. The van der Waals surface area contributed by atoms with Crippen molar-refractivity contribution in [3.05, 3.63) is 70.1 Å². The van der Waals surface area contributed by atoms with Crippen LogP contribution in [-0.2, 0) is 13.0 Å². The van der Waals surface area contributed by atoms with Crippen LogP contribution in [-0.4, -0.2) is 22.6 Å². The molecular formula is C19H21N3O. The molecular weight excluding hydrogens is 286 g/mol. The lowest BCUT2D eigenvalue weighted by atomic mass is 10.0. The second-order valence-corrected chi connectivity index (χ2v) is 6.24. The van der Waals surface area contributed by atoms with Crippen molar-refractivity contribution in [2.75, 3.05) is 13.1 Å². The lowest BCUT2D eigenvalue weighted by Gasteiger charge is -2.13. The van der Waals surface area contributed by atoms with Gasteiger partial charge in [0.2, 0.25) is 0 Å². The molecule has 1 aliphatic carbocycles. The summed E-state index contributed by atoms with van der Waals surface area (Å²) in [4.78, 5) is 14.9. The van der Waals surface area contributed by atoms with Gasteiger partial charge in [0.25, 0.3) is 0 Å². The Labute approximate surface area is 135 Å². The van der Waals surface area contributed by atoms with Crippen molar-refractivity contribution in [2.45, 2.75) is 25.3 Å². The average Bonchev–Trinajstić information content (AvgIpc) is 3.12. The minimum atomic E-state index is -0.0285. The number of fused-ring (bicyclic) bond motifs is 2. The molecule has 0 radical (unpaired) electrons. The SMILES string of the molecule is O=c1[nH]c2ccccc2n1CCNCC1CCc2ccccc21. The molecule has 1 atom stereocenters. The third kappa shape index (κ3) is 2.70. The summed E-state index contributed by atoms with van der Waals surface area (Å²) in [6, 6.07) is 16.6. The highest BCUT2D eigenvalue weighted by Crippen LogP contribution is 2.31. The molecule has 0 aliphatic heterocycles. The Kier molecular flexibility index (Phi) is 3.75. The van der Waals surface area contributed by atoms with Crippen LogP contribution in [0.5, 0.6) is 0 Å². The lowest BCUT2D eigenvalue weighted by molar-refractivity contribution is 0.544. The maximum atomic E-state index is 12.0. The third-order valence-corrected chi connectivity index (χ3v) is 4.84. The van der Waals surface area contributed by atoms with E-state index in [0.29, 0.717) is 12.5 Å². The van der Waals surface area contributed by atoms with Gasteiger partial charge in [-0.05, 0) is 42.0 Å². The summed E-state index contributed by atoms with van der Waals surface area (Å²) in [5.41, 5.74) is 4.84. The minimum Gasteiger partial charge on any atom is -0.314 e. The molecule has 0 fully saturated rings. The largest absolute Gasteiger partial charge is 0.326 e. The molecule has 0 bridgehead atoms. The summed E-state index contributed by atoms with van der Waals surface area (Å²) in [6.45, 7) is 2.48. The molecule has 1 aliphatic rings. The fraction of sp³-hybridized carbons (Fsp3) is 0.316. The average molecular weight is 307 g/mol. The van der Waals surface area contributed by atoms with Gasteiger partial charge in [0.1, 0.15) is 0 Å². The summed E-state index contributed by atoms with van der Waals surface area (Å²) < 4.78 is 1.81. The minimum absolute atomic E-state index is 0.0285. The van der Waals surface area contributed by atoms with Crippen LogP contribution in [0, 0.1) is 0 Å². The molecule has 3 aromatic rings. The molecule has 118 valence electrons. The number of imidazole rings is 1. The normalized spacial score (nSPS) is 16.8. The number of nitrogens with one attached hydrogen (secondary N) is 2. The Morgan fingerprint density at radius 2 is 1.96 bits per heavy atom. The zero-order valence-electron chi connectivity index (χ0n) is 13.1. The van der Waals surface area contributed by atoms with Crippen molar-refractivity contribution in [1.82, 2.24) is 14.9 Å². The zero-order valence-corrected chi connectivity index (χ0v) is 13.1. The van der Waals surface area contributed by atoms with Crippen molar-refractivity contribution in [3.8, 4) is 0 Å². The van der Waals surface area contributed by atoms with Crippen LogP contribution in [0.25, 0.3) is 11.0 Å². The van der Waals surface area contributed by atoms with Crippen LogP contribution in [0.3, 0.4) is 0 Å². The number of rotatable bonds is 5. The molecule has 4 nitrogen and oxygen atoms in total. The summed E-state index contributed by atoms with van der Waals surface area (Å²) in [6.07, 6.45) is 2.41. The van der Waals surface area contributed by atoms with Gasteiger partial charge >= 0.3 is 5.69 Å². The van der Waals surface area contributed by atoms with Crippen molar-refractivity contribution in [1.29, 1.82) is 0 Å². The third-order valence-electron chi connectivity index (χ3n) is 4.84. The van der Waals surface area contributed by atoms with Crippen LogP contribution < -0.4 is 11.0 Å². The molecule has 4 rings (SSSR count). The van der Waals surface area contributed by atoms with Crippen LogP contribution >= 0.6 is 0 Å². The fourth-order valence-electron chi connectivity index (χ4n) is 3.65. The van der Waals surface area contributed by atoms with E-state index in [1.165, 1.54) is 24.0 Å². The Morgan fingerprint density at radius 3 is 2.91 bits per heavy atom. The van der Waals surface area contributed by atoms with E-state index in [0.717, 1.165) is 24.1 Å². The Hall–Kier alpha value is -2.33. The predicted octanol–water partition coefficient (Wildman–Crippen LogP) is 2.65. The number of hydrogen-bond donors (Lipinski definition) is 2. The zero-order chi connectivity index (χ0) is 15.6. The first-order valence-corrected chi connectivity index (χ1v) is 8.29. The van der Waals surface area contributed by atoms with Crippen LogP contribution in [0.15, 0.2) is 53.3 Å². The van der Waals surface area contributed by atoms with E-state index in [4.69, 9.17) is 0 Å². The predicted molar refractivity (Wildman–Crippen MR) is 92.9 cm³/mol. The number of nitrogens with zero attached hydrogens (tertiary/aromatic N) is 1. The van der Waals surface area contributed by atoms with Crippen molar-refractivity contribution in [3.63, 3.8) is 0 Å². The summed E-state index contributed by atoms with van der Waals surface area (Å²) >= 11 is 0. The quantitative estimate of drug-likeness (QED) is 0.712. The summed E-state index contributed by atoms with van der Waals surface area (Å²) in [7, 11) is 0. The summed E-state index contributed by atoms with van der Waals surface area (Å²) in [5, 5.41) is 3.52. The van der Waals surface area contributed by atoms with Crippen molar-refractivity contribution >= 4 is 11.0 Å². The molecule has 4 heteroatoms. The number of para-hydroxylation sites is 2. The van der Waals surface area contributed by atoms with Gasteiger partial charge in [-0.2, -0.15) is 0 Å². The van der Waals surface area contributed by atoms with Gasteiger partial charge in [0.15, 0.2) is 0 Å². The van der Waals surface area contributed by atoms with Crippen LogP contribution in [0.1, 0.15) is 23.5 Å². The van der Waals surface area contributed by atoms with E-state index >= 15 is 0 Å². The van der Waals surface area contributed by atoms with Gasteiger partial charge in [-0.15, -0.1) is 0 Å². The monoisotopic (exact) mass is 307 g/mol. The van der Waals surface area contributed by atoms with E-state index in [-0.39, 0.29) is 5.69 Å². The smallest absolute Gasteiger partial charge is 0.314 e. The van der Waals surface area contributed by atoms with Crippen LogP contribution in [0.2, 0.25) is 0 Å². The highest BCUT2D eigenvalue weighted by molar-refractivity contribution is 5.74. The van der Waals surface area contributed by atoms with Crippen molar-refractivity contribution in [2.24, 2.45) is 0 Å². The first kappa shape index (κ1) is 14.3. The molecule has 0 spiro atoms. The highest BCUT2D eigenvalue weighted by Gasteiger charge is 2.21. The first-order chi connectivity index (χ1) is 11.3. The first-order valence-electron chi connectivity index (χ1n) is 8.29. The van der Waals surface area contributed by atoms with Gasteiger partial charge in [-0.25, -0.2) is 4.79 Å². The Morgan fingerprint density at radius 1 is 1.13 bits per heavy atom. The van der Waals surface area contributed by atoms with Gasteiger partial charge in [0.05, 0.1) is 11.0 Å². The molecule has 0 saturated carbocycles. The molecule has 1 unspecified atom stereocenters. The number of aromatic nitrogens is 2. The maximum absolute atomic E-state index is 12.0.